The summed E-state index contributed by atoms with van der Waals surface area (Å²) in [6, 6.07) is 15.6. The Kier molecular flexibility index (Phi) is 4.32. The molecule has 0 amide bonds. The maximum Gasteiger partial charge on any atom is 0.229 e. The first kappa shape index (κ1) is 16.5. The average Bonchev–Trinajstić information content (AvgIpc) is 2.52. The van der Waals surface area contributed by atoms with Crippen molar-refractivity contribution in [2.75, 3.05) is 25.1 Å². The van der Waals surface area contributed by atoms with E-state index in [1.165, 1.54) is 11.1 Å². The summed E-state index contributed by atoms with van der Waals surface area (Å²) in [5.74, 6) is 1.01. The van der Waals surface area contributed by atoms with Crippen molar-refractivity contribution in [3.63, 3.8) is 0 Å². The van der Waals surface area contributed by atoms with E-state index in [9.17, 15) is 8.42 Å². The number of amidine groups is 1. The van der Waals surface area contributed by atoms with Crippen LogP contribution in [0.5, 0.6) is 0 Å². The molecule has 6 heteroatoms. The van der Waals surface area contributed by atoms with Crippen LogP contribution < -0.4 is 4.72 Å². The van der Waals surface area contributed by atoms with Gasteiger partial charge in [0.25, 0.3) is 0 Å². The quantitative estimate of drug-likeness (QED) is 0.932. The third-order valence-electron chi connectivity index (χ3n) is 4.00. The van der Waals surface area contributed by atoms with Gasteiger partial charge >= 0.3 is 0 Å². The molecule has 126 valence electrons. The lowest BCUT2D eigenvalue weighted by atomic mass is 9.90. The van der Waals surface area contributed by atoms with Crippen molar-refractivity contribution in [3.8, 4) is 0 Å². The summed E-state index contributed by atoms with van der Waals surface area (Å²) in [5, 5.41) is 0. The Labute approximate surface area is 143 Å². The standard InChI is InChI=1S/C18H21N3O2S/c1-21(2)17-12-13-7-4-5-10-16(13)18(19-17)14-8-6-9-15(11-14)20-24(3,22)23/h4-11,18,20H,12H2,1-3H3. The minimum absolute atomic E-state index is 0.131. The molecule has 0 bridgehead atoms. The number of fused-ring (bicyclic) bond motifs is 1. The van der Waals surface area contributed by atoms with Gasteiger partial charge in [-0.1, -0.05) is 36.4 Å². The molecule has 5 nitrogen and oxygen atoms in total. The Balaban J connectivity index is 2.06. The van der Waals surface area contributed by atoms with E-state index in [-0.39, 0.29) is 6.04 Å². The molecule has 2 aromatic carbocycles. The number of nitrogens with one attached hydrogen (secondary N) is 1. The fourth-order valence-corrected chi connectivity index (χ4v) is 3.47. The van der Waals surface area contributed by atoms with E-state index >= 15 is 0 Å². The molecule has 0 saturated heterocycles. The van der Waals surface area contributed by atoms with Gasteiger partial charge in [0, 0.05) is 26.2 Å². The summed E-state index contributed by atoms with van der Waals surface area (Å²) < 4.78 is 25.5. The van der Waals surface area contributed by atoms with Crippen LogP contribution >= 0.6 is 0 Å². The monoisotopic (exact) mass is 343 g/mol. The second kappa shape index (κ2) is 6.28. The normalized spacial score (nSPS) is 17.0. The molecule has 0 radical (unpaired) electrons. The van der Waals surface area contributed by atoms with Crippen LogP contribution in [0.3, 0.4) is 0 Å². The van der Waals surface area contributed by atoms with Crippen LogP contribution in [0.25, 0.3) is 0 Å². The first-order valence-corrected chi connectivity index (χ1v) is 9.62. The predicted molar refractivity (Wildman–Crippen MR) is 98.0 cm³/mol. The molecule has 3 rings (SSSR count). The number of sulfonamides is 1. The number of likely N-dealkylation sites (N-methyl/N-ethyl adjacent to an activating group) is 1. The summed E-state index contributed by atoms with van der Waals surface area (Å²) in [4.78, 5) is 6.93. The topological polar surface area (TPSA) is 61.8 Å². The van der Waals surface area contributed by atoms with E-state index in [1.54, 1.807) is 6.07 Å². The second-order valence-corrected chi connectivity index (χ2v) is 7.97. The molecule has 0 aliphatic carbocycles. The number of hydrogen-bond acceptors (Lipinski definition) is 4. The molecule has 0 aromatic heterocycles. The summed E-state index contributed by atoms with van der Waals surface area (Å²) in [7, 11) is 0.680. The summed E-state index contributed by atoms with van der Waals surface area (Å²) in [5.41, 5.74) is 3.94. The molecule has 0 fully saturated rings. The first-order chi connectivity index (χ1) is 11.3. The van der Waals surface area contributed by atoms with E-state index in [0.29, 0.717) is 5.69 Å². The van der Waals surface area contributed by atoms with Gasteiger partial charge in [-0.3, -0.25) is 9.71 Å². The van der Waals surface area contributed by atoms with Gasteiger partial charge in [0.2, 0.25) is 10.0 Å². The Morgan fingerprint density at radius 2 is 1.88 bits per heavy atom. The van der Waals surface area contributed by atoms with Crippen molar-refractivity contribution in [1.29, 1.82) is 0 Å². The molecule has 2 aromatic rings. The fourth-order valence-electron chi connectivity index (χ4n) is 2.91. The fraction of sp³-hybridized carbons (Fsp3) is 0.278. The van der Waals surface area contributed by atoms with Gasteiger partial charge in [-0.05, 0) is 28.8 Å². The lowest BCUT2D eigenvalue weighted by Crippen LogP contribution is -2.28. The van der Waals surface area contributed by atoms with Crippen molar-refractivity contribution in [3.05, 3.63) is 65.2 Å². The average molecular weight is 343 g/mol. The Hall–Kier alpha value is -2.34. The Morgan fingerprint density at radius 1 is 1.12 bits per heavy atom. The molecule has 0 saturated carbocycles. The summed E-state index contributed by atoms with van der Waals surface area (Å²) in [6.45, 7) is 0. The Bertz CT molecular complexity index is 889. The van der Waals surface area contributed by atoms with Crippen LogP contribution in [0.2, 0.25) is 0 Å². The van der Waals surface area contributed by atoms with E-state index in [4.69, 9.17) is 4.99 Å². The third-order valence-corrected chi connectivity index (χ3v) is 4.60. The molecule has 1 heterocycles. The first-order valence-electron chi connectivity index (χ1n) is 7.73. The molecule has 0 spiro atoms. The lowest BCUT2D eigenvalue weighted by Gasteiger charge is -2.28. The van der Waals surface area contributed by atoms with E-state index < -0.39 is 10.0 Å². The molecule has 1 unspecified atom stereocenters. The molecule has 1 aliphatic rings. The highest BCUT2D eigenvalue weighted by atomic mass is 32.2. The molecule has 1 N–H and O–H groups in total. The summed E-state index contributed by atoms with van der Waals surface area (Å²) in [6.07, 6.45) is 1.96. The van der Waals surface area contributed by atoms with E-state index in [2.05, 4.69) is 16.9 Å². The van der Waals surface area contributed by atoms with Crippen molar-refractivity contribution < 1.29 is 8.42 Å². The highest BCUT2D eigenvalue weighted by molar-refractivity contribution is 7.92. The molecule has 1 atom stereocenters. The van der Waals surface area contributed by atoms with Gasteiger partial charge in [0.05, 0.1) is 6.26 Å². The zero-order valence-corrected chi connectivity index (χ0v) is 14.8. The van der Waals surface area contributed by atoms with Crippen LogP contribution in [-0.4, -0.2) is 39.5 Å². The van der Waals surface area contributed by atoms with Crippen molar-refractivity contribution in [2.45, 2.75) is 12.5 Å². The maximum absolute atomic E-state index is 11.5. The van der Waals surface area contributed by atoms with Crippen LogP contribution in [0.4, 0.5) is 5.69 Å². The predicted octanol–water partition coefficient (Wildman–Crippen LogP) is 2.66. The highest BCUT2D eigenvalue weighted by Gasteiger charge is 2.23. The molecular formula is C18H21N3O2S. The Morgan fingerprint density at radius 3 is 2.58 bits per heavy atom. The largest absolute Gasteiger partial charge is 0.366 e. The van der Waals surface area contributed by atoms with E-state index in [1.807, 2.05) is 49.3 Å². The summed E-state index contributed by atoms with van der Waals surface area (Å²) >= 11 is 0. The van der Waals surface area contributed by atoms with Crippen LogP contribution in [0.1, 0.15) is 22.7 Å². The third kappa shape index (κ3) is 3.59. The molecule has 1 aliphatic heterocycles. The number of nitrogens with zero attached hydrogens (tertiary/aromatic N) is 2. The zero-order valence-electron chi connectivity index (χ0n) is 14.0. The van der Waals surface area contributed by atoms with Gasteiger partial charge in [0.1, 0.15) is 11.9 Å². The van der Waals surface area contributed by atoms with Gasteiger partial charge in [-0.25, -0.2) is 8.42 Å². The number of aliphatic imine (C=N–C) groups is 1. The van der Waals surface area contributed by atoms with Crippen molar-refractivity contribution >= 4 is 21.5 Å². The van der Waals surface area contributed by atoms with Crippen molar-refractivity contribution in [2.24, 2.45) is 4.99 Å². The van der Waals surface area contributed by atoms with Gasteiger partial charge in [-0.15, -0.1) is 0 Å². The van der Waals surface area contributed by atoms with Gasteiger partial charge in [-0.2, -0.15) is 0 Å². The zero-order chi connectivity index (χ0) is 17.3. The van der Waals surface area contributed by atoms with Crippen LogP contribution in [0, 0.1) is 0 Å². The lowest BCUT2D eigenvalue weighted by molar-refractivity contribution is 0.592. The second-order valence-electron chi connectivity index (χ2n) is 6.22. The maximum atomic E-state index is 11.5. The minimum atomic E-state index is -3.30. The molecular weight excluding hydrogens is 322 g/mol. The number of hydrogen-bond donors (Lipinski definition) is 1. The van der Waals surface area contributed by atoms with Crippen molar-refractivity contribution in [1.82, 2.24) is 4.90 Å². The molecule has 24 heavy (non-hydrogen) atoms. The SMILES string of the molecule is CN(C)C1=NC(c2cccc(NS(C)(=O)=O)c2)c2ccccc2C1. The van der Waals surface area contributed by atoms with Crippen LogP contribution in [0.15, 0.2) is 53.5 Å². The number of anilines is 1. The van der Waals surface area contributed by atoms with Gasteiger partial charge < -0.3 is 4.90 Å². The van der Waals surface area contributed by atoms with Gasteiger partial charge in [0.15, 0.2) is 0 Å². The van der Waals surface area contributed by atoms with Crippen LogP contribution in [-0.2, 0) is 16.4 Å². The van der Waals surface area contributed by atoms with E-state index in [0.717, 1.165) is 24.1 Å². The minimum Gasteiger partial charge on any atom is -0.366 e. The highest BCUT2D eigenvalue weighted by Crippen LogP contribution is 2.34. The smallest absolute Gasteiger partial charge is 0.229 e. The number of rotatable bonds is 3. The number of benzene rings is 2.